The van der Waals surface area contributed by atoms with Crippen molar-refractivity contribution in [3.63, 3.8) is 0 Å². The van der Waals surface area contributed by atoms with Crippen LogP contribution in [0.25, 0.3) is 0 Å². The lowest BCUT2D eigenvalue weighted by molar-refractivity contribution is -0.0818. The van der Waals surface area contributed by atoms with Crippen molar-refractivity contribution >= 4 is 11.3 Å². The van der Waals surface area contributed by atoms with Crippen molar-refractivity contribution in [2.75, 3.05) is 13.2 Å². The molecule has 1 aliphatic rings. The molecule has 13 heavy (non-hydrogen) atoms. The summed E-state index contributed by atoms with van der Waals surface area (Å²) in [5.74, 6) is 0.640. The first-order valence-electron chi connectivity index (χ1n) is 4.66. The van der Waals surface area contributed by atoms with E-state index in [-0.39, 0.29) is 5.41 Å². The summed E-state index contributed by atoms with van der Waals surface area (Å²) in [5.41, 5.74) is 0.270. The van der Waals surface area contributed by atoms with Gasteiger partial charge in [0.25, 0.3) is 0 Å². The minimum absolute atomic E-state index is 0.270. The summed E-state index contributed by atoms with van der Waals surface area (Å²) in [5, 5.41) is 1.15. The van der Waals surface area contributed by atoms with Gasteiger partial charge in [-0.2, -0.15) is 0 Å². The van der Waals surface area contributed by atoms with Crippen molar-refractivity contribution in [1.82, 2.24) is 4.98 Å². The minimum Gasteiger partial charge on any atom is -0.379 e. The van der Waals surface area contributed by atoms with Crippen molar-refractivity contribution in [3.8, 4) is 0 Å². The standard InChI is InChI=1S/C10H15NOS/c1-7(2)10(5-12-6-10)9-4-11-8(3)13-9/h4,7H,5-6H2,1-3H3. The largest absolute Gasteiger partial charge is 0.379 e. The van der Waals surface area contributed by atoms with Crippen LogP contribution in [0.4, 0.5) is 0 Å². The van der Waals surface area contributed by atoms with Gasteiger partial charge in [-0.3, -0.25) is 0 Å². The van der Waals surface area contributed by atoms with Crippen LogP contribution in [-0.4, -0.2) is 18.2 Å². The van der Waals surface area contributed by atoms with E-state index >= 15 is 0 Å². The lowest BCUT2D eigenvalue weighted by Crippen LogP contribution is -2.50. The van der Waals surface area contributed by atoms with Crippen molar-refractivity contribution in [2.24, 2.45) is 5.92 Å². The molecular weight excluding hydrogens is 182 g/mol. The lowest BCUT2D eigenvalue weighted by atomic mass is 9.74. The smallest absolute Gasteiger partial charge is 0.0896 e. The number of rotatable bonds is 2. The Morgan fingerprint density at radius 3 is 2.54 bits per heavy atom. The molecule has 1 fully saturated rings. The molecule has 3 heteroatoms. The molecule has 0 aromatic carbocycles. The van der Waals surface area contributed by atoms with Gasteiger partial charge in [0.1, 0.15) is 0 Å². The van der Waals surface area contributed by atoms with E-state index in [1.165, 1.54) is 4.88 Å². The van der Waals surface area contributed by atoms with Gasteiger partial charge in [0, 0.05) is 11.1 Å². The van der Waals surface area contributed by atoms with Crippen LogP contribution < -0.4 is 0 Å². The van der Waals surface area contributed by atoms with Crippen LogP contribution in [0, 0.1) is 12.8 Å². The number of aryl methyl sites for hydroxylation is 1. The van der Waals surface area contributed by atoms with Crippen LogP contribution in [0.2, 0.25) is 0 Å². The lowest BCUT2D eigenvalue weighted by Gasteiger charge is -2.43. The zero-order valence-corrected chi connectivity index (χ0v) is 9.15. The maximum atomic E-state index is 5.34. The summed E-state index contributed by atoms with van der Waals surface area (Å²) in [4.78, 5) is 5.70. The number of hydrogen-bond donors (Lipinski definition) is 0. The van der Waals surface area contributed by atoms with Gasteiger partial charge in [-0.25, -0.2) is 4.98 Å². The Hall–Kier alpha value is -0.410. The second-order valence-electron chi connectivity index (χ2n) is 4.05. The van der Waals surface area contributed by atoms with Crippen molar-refractivity contribution < 1.29 is 4.74 Å². The highest BCUT2D eigenvalue weighted by molar-refractivity contribution is 7.11. The van der Waals surface area contributed by atoms with Crippen LogP contribution in [0.15, 0.2) is 6.20 Å². The van der Waals surface area contributed by atoms with Crippen molar-refractivity contribution in [3.05, 3.63) is 16.1 Å². The zero-order chi connectivity index (χ0) is 9.47. The molecule has 0 spiro atoms. The third kappa shape index (κ3) is 1.30. The summed E-state index contributed by atoms with van der Waals surface area (Å²) >= 11 is 1.81. The fourth-order valence-corrected chi connectivity index (χ4v) is 2.76. The zero-order valence-electron chi connectivity index (χ0n) is 8.33. The predicted molar refractivity (Wildman–Crippen MR) is 54.2 cm³/mol. The van der Waals surface area contributed by atoms with Gasteiger partial charge in [-0.1, -0.05) is 13.8 Å². The Morgan fingerprint density at radius 1 is 1.54 bits per heavy atom. The Kier molecular flexibility index (Phi) is 2.16. The molecule has 1 aromatic heterocycles. The van der Waals surface area contributed by atoms with Gasteiger partial charge < -0.3 is 4.74 Å². The molecule has 0 atom stereocenters. The number of hydrogen-bond acceptors (Lipinski definition) is 3. The van der Waals surface area contributed by atoms with Crippen LogP contribution in [-0.2, 0) is 10.2 Å². The Balaban J connectivity index is 2.31. The van der Waals surface area contributed by atoms with Crippen LogP contribution in [0.3, 0.4) is 0 Å². The normalized spacial score (nSPS) is 20.3. The molecule has 72 valence electrons. The van der Waals surface area contributed by atoms with Crippen LogP contribution in [0.5, 0.6) is 0 Å². The number of ether oxygens (including phenoxy) is 1. The molecule has 1 aliphatic heterocycles. The molecule has 0 bridgehead atoms. The highest BCUT2D eigenvalue weighted by Crippen LogP contribution is 2.41. The van der Waals surface area contributed by atoms with Gasteiger partial charge in [-0.05, 0) is 12.8 Å². The molecular formula is C10H15NOS. The molecule has 0 aliphatic carbocycles. The number of nitrogens with zero attached hydrogens (tertiary/aromatic N) is 1. The molecule has 1 saturated heterocycles. The molecule has 0 unspecified atom stereocenters. The second-order valence-corrected chi connectivity index (χ2v) is 5.28. The first kappa shape index (κ1) is 9.16. The van der Waals surface area contributed by atoms with E-state index in [0.29, 0.717) is 5.92 Å². The topological polar surface area (TPSA) is 22.1 Å². The maximum Gasteiger partial charge on any atom is 0.0896 e. The van der Waals surface area contributed by atoms with E-state index in [2.05, 4.69) is 25.8 Å². The Labute approximate surface area is 83.0 Å². The van der Waals surface area contributed by atoms with E-state index in [1.54, 1.807) is 0 Å². The van der Waals surface area contributed by atoms with Crippen molar-refractivity contribution in [2.45, 2.75) is 26.2 Å². The van der Waals surface area contributed by atoms with Crippen molar-refractivity contribution in [1.29, 1.82) is 0 Å². The SMILES string of the molecule is Cc1ncc(C2(C(C)C)COC2)s1. The average molecular weight is 197 g/mol. The van der Waals surface area contributed by atoms with Gasteiger partial charge in [0.05, 0.1) is 23.6 Å². The molecule has 0 radical (unpaired) electrons. The highest BCUT2D eigenvalue weighted by atomic mass is 32.1. The summed E-state index contributed by atoms with van der Waals surface area (Å²) in [6.07, 6.45) is 2.02. The van der Waals surface area contributed by atoms with Crippen LogP contribution in [0.1, 0.15) is 23.7 Å². The monoisotopic (exact) mass is 197 g/mol. The third-order valence-corrected chi connectivity index (χ3v) is 4.07. The molecule has 0 amide bonds. The second kappa shape index (κ2) is 3.07. The van der Waals surface area contributed by atoms with E-state index in [9.17, 15) is 0 Å². The Bertz CT molecular complexity index is 302. The molecule has 2 heterocycles. The quantitative estimate of drug-likeness (QED) is 0.726. The highest BCUT2D eigenvalue weighted by Gasteiger charge is 2.44. The summed E-state index contributed by atoms with van der Waals surface area (Å²) in [6, 6.07) is 0. The van der Waals surface area contributed by atoms with Gasteiger partial charge >= 0.3 is 0 Å². The van der Waals surface area contributed by atoms with Crippen LogP contribution >= 0.6 is 11.3 Å². The van der Waals surface area contributed by atoms with E-state index in [4.69, 9.17) is 4.74 Å². The first-order valence-corrected chi connectivity index (χ1v) is 5.47. The summed E-state index contributed by atoms with van der Waals surface area (Å²) < 4.78 is 5.34. The van der Waals surface area contributed by atoms with Gasteiger partial charge in [0.2, 0.25) is 0 Å². The van der Waals surface area contributed by atoms with E-state index < -0.39 is 0 Å². The fourth-order valence-electron chi connectivity index (χ4n) is 1.67. The fraction of sp³-hybridized carbons (Fsp3) is 0.700. The predicted octanol–water partition coefficient (Wildman–Crippen LogP) is 2.38. The van der Waals surface area contributed by atoms with Gasteiger partial charge in [-0.15, -0.1) is 11.3 Å². The summed E-state index contributed by atoms with van der Waals surface area (Å²) in [7, 11) is 0. The van der Waals surface area contributed by atoms with E-state index in [1.807, 2.05) is 17.5 Å². The summed E-state index contributed by atoms with van der Waals surface area (Å²) in [6.45, 7) is 8.31. The maximum absolute atomic E-state index is 5.34. The molecule has 1 aromatic rings. The third-order valence-electron chi connectivity index (χ3n) is 2.94. The molecule has 0 N–H and O–H groups in total. The first-order chi connectivity index (χ1) is 6.15. The van der Waals surface area contributed by atoms with E-state index in [0.717, 1.165) is 18.2 Å². The molecule has 0 saturated carbocycles. The average Bonchev–Trinajstić information content (AvgIpc) is 2.32. The number of thiazole rings is 1. The Morgan fingerprint density at radius 2 is 2.23 bits per heavy atom. The molecule has 2 rings (SSSR count). The number of aromatic nitrogens is 1. The minimum atomic E-state index is 0.270. The van der Waals surface area contributed by atoms with Gasteiger partial charge in [0.15, 0.2) is 0 Å². The molecule has 2 nitrogen and oxygen atoms in total.